The second-order valence-corrected chi connectivity index (χ2v) is 9.25. The lowest BCUT2D eigenvalue weighted by molar-refractivity contribution is 0.0993. The molecule has 0 bridgehead atoms. The van der Waals surface area contributed by atoms with Crippen molar-refractivity contribution >= 4 is 5.78 Å². The van der Waals surface area contributed by atoms with Gasteiger partial charge in [-0.1, -0.05) is 34.4 Å². The van der Waals surface area contributed by atoms with Gasteiger partial charge in [-0.3, -0.25) is 4.79 Å². The van der Waals surface area contributed by atoms with Crippen molar-refractivity contribution in [3.63, 3.8) is 0 Å². The Bertz CT molecular complexity index is 1260. The van der Waals surface area contributed by atoms with E-state index in [1.54, 1.807) is 87.1 Å². The summed E-state index contributed by atoms with van der Waals surface area (Å²) in [6.45, 7) is 1.79. The largest absolute Gasteiger partial charge is 0.493 e. The summed E-state index contributed by atoms with van der Waals surface area (Å²) in [6.07, 6.45) is 0.464. The molecule has 1 unspecified atom stereocenters. The van der Waals surface area contributed by atoms with Crippen molar-refractivity contribution in [2.75, 3.05) is 83.4 Å². The van der Waals surface area contributed by atoms with Gasteiger partial charge in [0.2, 0.25) is 0 Å². The minimum absolute atomic E-state index is 0. The fourth-order valence-corrected chi connectivity index (χ4v) is 3.95. The quantitative estimate of drug-likeness (QED) is 0.155. The minimum Gasteiger partial charge on any atom is -0.493 e. The van der Waals surface area contributed by atoms with Crippen LogP contribution in [-0.4, -0.2) is 94.3 Å². The summed E-state index contributed by atoms with van der Waals surface area (Å²) in [6, 6.07) is 16.5. The maximum atomic E-state index is 11.6. The van der Waals surface area contributed by atoms with Crippen molar-refractivity contribution in [2.24, 2.45) is 0 Å². The van der Waals surface area contributed by atoms with E-state index in [2.05, 4.69) is 22.0 Å². The molecule has 0 amide bonds. The van der Waals surface area contributed by atoms with Gasteiger partial charge in [-0.15, -0.1) is 0 Å². The number of benzene rings is 3. The Balaban J connectivity index is -0.000000599. The van der Waals surface area contributed by atoms with Crippen LogP contribution in [0.25, 0.3) is 0 Å². The van der Waals surface area contributed by atoms with Crippen LogP contribution in [0.1, 0.15) is 49.9 Å². The molecule has 0 radical (unpaired) electrons. The molecule has 3 aromatic rings. The zero-order chi connectivity index (χ0) is 32.9. The van der Waals surface area contributed by atoms with Crippen molar-refractivity contribution < 1.29 is 38.3 Å². The number of likely N-dealkylation sites (N-methyl/N-ethyl adjacent to an activating group) is 3. The first-order chi connectivity index (χ1) is 21.3. The zero-order valence-corrected chi connectivity index (χ0v) is 27.4. The van der Waals surface area contributed by atoms with E-state index in [0.717, 1.165) is 30.0 Å². The van der Waals surface area contributed by atoms with E-state index >= 15 is 0 Å². The fraction of sp³-hybridized carbons (Fsp3) is 0.472. The number of ether oxygens (including phenoxy) is 6. The monoisotopic (exact) mass is 663 g/mol. The topological polar surface area (TPSA) is 129 Å². The van der Waals surface area contributed by atoms with Crippen molar-refractivity contribution in [1.29, 1.82) is 0 Å². The predicted molar refractivity (Wildman–Crippen MR) is 194 cm³/mol. The van der Waals surface area contributed by atoms with E-state index < -0.39 is 6.10 Å². The van der Waals surface area contributed by atoms with Crippen molar-refractivity contribution in [3.8, 4) is 34.5 Å². The van der Waals surface area contributed by atoms with Crippen LogP contribution in [0.4, 0.5) is 0 Å². The van der Waals surface area contributed by atoms with Crippen LogP contribution < -0.4 is 44.4 Å². The molecule has 0 spiro atoms. The molecule has 0 fully saturated rings. The highest BCUT2D eigenvalue weighted by Gasteiger charge is 2.11. The molecule has 47 heavy (non-hydrogen) atoms. The average molecular weight is 664 g/mol. The van der Waals surface area contributed by atoms with Crippen molar-refractivity contribution in [3.05, 3.63) is 71.3 Å². The SMILES string of the molecule is C.C.C.CNCC(=O)c1ccc(OC)c(OC)c1.CNCC(O)c1ccc(OC)c(OC)c1.CNCCc1ccc(OC)c(OC)c1. The molecular weight excluding hydrogens is 602 g/mol. The Morgan fingerprint density at radius 1 is 0.617 bits per heavy atom. The highest BCUT2D eigenvalue weighted by Crippen LogP contribution is 2.30. The third-order valence-corrected chi connectivity index (χ3v) is 6.34. The lowest BCUT2D eigenvalue weighted by Gasteiger charge is -2.13. The van der Waals surface area contributed by atoms with Crippen LogP contribution >= 0.6 is 0 Å². The van der Waals surface area contributed by atoms with Gasteiger partial charge < -0.3 is 49.5 Å². The number of aliphatic hydroxyl groups excluding tert-OH is 1. The Hall–Kier alpha value is -4.03. The van der Waals surface area contributed by atoms with E-state index in [1.807, 2.05) is 25.2 Å². The number of Topliss-reactive ketones (excluding diaryl/α,β-unsaturated/α-hetero) is 1. The molecule has 11 heteroatoms. The van der Waals surface area contributed by atoms with Crippen LogP contribution in [0.3, 0.4) is 0 Å². The number of methoxy groups -OCH3 is 6. The Morgan fingerprint density at radius 2 is 1.09 bits per heavy atom. The van der Waals surface area contributed by atoms with Gasteiger partial charge in [-0.25, -0.2) is 0 Å². The minimum atomic E-state index is -0.533. The van der Waals surface area contributed by atoms with E-state index in [9.17, 15) is 9.90 Å². The molecule has 0 aromatic heterocycles. The lowest BCUT2D eigenvalue weighted by Crippen LogP contribution is -2.18. The molecule has 268 valence electrons. The lowest BCUT2D eigenvalue weighted by atomic mass is 10.1. The number of aliphatic hydroxyl groups is 1. The van der Waals surface area contributed by atoms with Crippen LogP contribution in [0.5, 0.6) is 34.5 Å². The summed E-state index contributed by atoms with van der Waals surface area (Å²) < 4.78 is 30.8. The predicted octanol–water partition coefficient (Wildman–Crippen LogP) is 5.44. The number of nitrogens with one attached hydrogen (secondary N) is 3. The summed E-state index contributed by atoms with van der Waals surface area (Å²) in [4.78, 5) is 11.6. The normalized spacial score (nSPS) is 10.0. The molecule has 0 heterocycles. The first-order valence-electron chi connectivity index (χ1n) is 14.1. The Kier molecular flexibility index (Phi) is 27.3. The molecule has 11 nitrogen and oxygen atoms in total. The summed E-state index contributed by atoms with van der Waals surface area (Å²) in [5.41, 5.74) is 2.67. The summed E-state index contributed by atoms with van der Waals surface area (Å²) in [5.74, 6) is 4.08. The van der Waals surface area contributed by atoms with E-state index in [4.69, 9.17) is 28.4 Å². The van der Waals surface area contributed by atoms with E-state index in [0.29, 0.717) is 41.7 Å². The summed E-state index contributed by atoms with van der Waals surface area (Å²) in [5, 5.41) is 18.6. The van der Waals surface area contributed by atoms with Crippen LogP contribution in [-0.2, 0) is 6.42 Å². The number of ketones is 1. The molecule has 3 rings (SSSR count). The zero-order valence-electron chi connectivity index (χ0n) is 27.4. The molecule has 4 N–H and O–H groups in total. The van der Waals surface area contributed by atoms with Crippen LogP contribution in [0.2, 0.25) is 0 Å². The number of hydrogen-bond acceptors (Lipinski definition) is 11. The van der Waals surface area contributed by atoms with Gasteiger partial charge in [0.05, 0.1) is 55.3 Å². The second kappa shape index (κ2) is 27.1. The molecule has 0 aliphatic carbocycles. The maximum absolute atomic E-state index is 11.6. The molecule has 0 saturated carbocycles. The van der Waals surface area contributed by atoms with Gasteiger partial charge in [0.1, 0.15) is 0 Å². The fourth-order valence-electron chi connectivity index (χ4n) is 3.95. The number of rotatable bonds is 15. The molecule has 1 atom stereocenters. The van der Waals surface area contributed by atoms with Crippen molar-refractivity contribution in [1.82, 2.24) is 16.0 Å². The van der Waals surface area contributed by atoms with Gasteiger partial charge >= 0.3 is 0 Å². The van der Waals surface area contributed by atoms with Gasteiger partial charge in [0.25, 0.3) is 0 Å². The Morgan fingerprint density at radius 3 is 1.55 bits per heavy atom. The summed E-state index contributed by atoms with van der Waals surface area (Å²) >= 11 is 0. The second-order valence-electron chi connectivity index (χ2n) is 9.25. The van der Waals surface area contributed by atoms with Crippen molar-refractivity contribution in [2.45, 2.75) is 34.8 Å². The van der Waals surface area contributed by atoms with Gasteiger partial charge in [-0.2, -0.15) is 0 Å². The van der Waals surface area contributed by atoms with Gasteiger partial charge in [0.15, 0.2) is 40.3 Å². The van der Waals surface area contributed by atoms with Gasteiger partial charge in [-0.05, 0) is 87.7 Å². The van der Waals surface area contributed by atoms with E-state index in [1.165, 1.54) is 5.56 Å². The standard InChI is InChI=1S/C11H17NO3.C11H15NO3.C11H17NO2.3CH4/c2*1-12-7-9(13)8-4-5-10(14-2)11(6-8)15-3;1-12-7-6-9-4-5-10(13-2)11(8-9)14-3;;;/h4-6,9,12-13H,7H2,1-3H3;4-6,12H,7H2,1-3H3;4-5,8,12H,6-7H2,1-3H3;3*1H4. The number of hydrogen-bond donors (Lipinski definition) is 4. The molecule has 3 aromatic carbocycles. The first-order valence-corrected chi connectivity index (χ1v) is 14.1. The Labute approximate surface area is 283 Å². The average Bonchev–Trinajstić information content (AvgIpc) is 3.07. The van der Waals surface area contributed by atoms with E-state index in [-0.39, 0.29) is 28.1 Å². The smallest absolute Gasteiger partial charge is 0.176 e. The highest BCUT2D eigenvalue weighted by atomic mass is 16.5. The third kappa shape index (κ3) is 15.9. The highest BCUT2D eigenvalue weighted by molar-refractivity contribution is 5.98. The molecule has 0 aliphatic heterocycles. The third-order valence-electron chi connectivity index (χ3n) is 6.34. The number of carbonyl (C=O) groups is 1. The van der Waals surface area contributed by atoms with Gasteiger partial charge in [0, 0.05) is 12.1 Å². The number of carbonyl (C=O) groups excluding carboxylic acids is 1. The molecule has 0 saturated heterocycles. The molecule has 0 aliphatic rings. The maximum Gasteiger partial charge on any atom is 0.176 e. The van der Waals surface area contributed by atoms with Crippen LogP contribution in [0.15, 0.2) is 54.6 Å². The molecular formula is C36H61N3O8. The van der Waals surface area contributed by atoms with Crippen LogP contribution in [0, 0.1) is 0 Å². The first kappa shape index (κ1) is 47.4. The summed E-state index contributed by atoms with van der Waals surface area (Å²) in [7, 11) is 15.0.